The van der Waals surface area contributed by atoms with Gasteiger partial charge in [-0.25, -0.2) is 28.4 Å². The SMILES string of the molecule is C[C@@H](CCOc1c(-c2nccc(N)n2)cnn1C)Nc1cc(Cl)ncc1-c1cc(NC2CC(F)(F)C2)ccn1. The van der Waals surface area contributed by atoms with E-state index in [4.69, 9.17) is 22.1 Å². The van der Waals surface area contributed by atoms with Crippen LogP contribution in [-0.2, 0) is 7.05 Å². The van der Waals surface area contributed by atoms with Crippen molar-refractivity contribution in [2.24, 2.45) is 7.05 Å². The van der Waals surface area contributed by atoms with Gasteiger partial charge in [0.1, 0.15) is 16.5 Å². The largest absolute Gasteiger partial charge is 0.477 e. The molecule has 0 bridgehead atoms. The van der Waals surface area contributed by atoms with Crippen molar-refractivity contribution in [2.45, 2.75) is 44.2 Å². The van der Waals surface area contributed by atoms with Crippen molar-refractivity contribution in [2.75, 3.05) is 23.0 Å². The number of hydrogen-bond acceptors (Lipinski definition) is 9. The molecule has 4 aromatic rings. The Kier molecular flexibility index (Phi) is 7.47. The molecule has 4 N–H and O–H groups in total. The summed E-state index contributed by atoms with van der Waals surface area (Å²) in [4.78, 5) is 17.2. The van der Waals surface area contributed by atoms with Crippen molar-refractivity contribution in [1.82, 2.24) is 29.7 Å². The normalized spacial score (nSPS) is 15.4. The average molecular weight is 556 g/mol. The zero-order valence-electron chi connectivity index (χ0n) is 21.4. The monoisotopic (exact) mass is 555 g/mol. The molecule has 1 fully saturated rings. The maximum absolute atomic E-state index is 13.2. The van der Waals surface area contributed by atoms with Gasteiger partial charge in [0.2, 0.25) is 5.88 Å². The number of nitrogens with two attached hydrogens (primary N) is 1. The van der Waals surface area contributed by atoms with E-state index in [-0.39, 0.29) is 24.9 Å². The van der Waals surface area contributed by atoms with Gasteiger partial charge in [-0.1, -0.05) is 11.6 Å². The number of hydrogen-bond donors (Lipinski definition) is 3. The number of nitrogens with one attached hydrogen (secondary N) is 2. The molecule has 10 nitrogen and oxygen atoms in total. The Bertz CT molecular complexity index is 1460. The maximum atomic E-state index is 13.2. The molecular formula is C26H28ClF2N9O. The number of halogens is 3. The fraction of sp³-hybridized carbons (Fsp3) is 0.346. The lowest BCUT2D eigenvalue weighted by atomic mass is 9.88. The second kappa shape index (κ2) is 11.0. The van der Waals surface area contributed by atoms with Gasteiger partial charge < -0.3 is 21.1 Å². The highest BCUT2D eigenvalue weighted by Gasteiger charge is 2.45. The molecule has 1 aliphatic carbocycles. The Hall–Kier alpha value is -4.06. The number of alkyl halides is 2. The Balaban J connectivity index is 1.24. The second-order valence-corrected chi connectivity index (χ2v) is 9.95. The predicted octanol–water partition coefficient (Wildman–Crippen LogP) is 5.05. The van der Waals surface area contributed by atoms with Gasteiger partial charge in [-0.3, -0.25) is 4.98 Å². The molecular weight excluding hydrogens is 528 g/mol. The van der Waals surface area contributed by atoms with E-state index in [0.717, 1.165) is 16.9 Å². The van der Waals surface area contributed by atoms with E-state index >= 15 is 0 Å². The lowest BCUT2D eigenvalue weighted by molar-refractivity contribution is -0.0793. The van der Waals surface area contributed by atoms with Crippen LogP contribution in [0.25, 0.3) is 22.6 Å². The van der Waals surface area contributed by atoms with Crippen molar-refractivity contribution in [3.8, 4) is 28.5 Å². The Morgan fingerprint density at radius 2 is 1.95 bits per heavy atom. The van der Waals surface area contributed by atoms with Crippen LogP contribution in [0, 0.1) is 0 Å². The highest BCUT2D eigenvalue weighted by atomic mass is 35.5. The number of rotatable bonds is 10. The second-order valence-electron chi connectivity index (χ2n) is 9.56. The molecule has 0 spiro atoms. The minimum atomic E-state index is -2.59. The fourth-order valence-corrected chi connectivity index (χ4v) is 4.50. The molecule has 0 saturated heterocycles. The predicted molar refractivity (Wildman–Crippen MR) is 146 cm³/mol. The molecule has 0 aromatic carbocycles. The Morgan fingerprint density at radius 1 is 1.15 bits per heavy atom. The van der Waals surface area contributed by atoms with E-state index in [1.807, 2.05) is 13.0 Å². The zero-order chi connectivity index (χ0) is 27.6. The van der Waals surface area contributed by atoms with Crippen molar-refractivity contribution in [3.05, 3.63) is 54.2 Å². The quantitative estimate of drug-likeness (QED) is 0.230. The molecule has 0 aliphatic heterocycles. The minimum Gasteiger partial charge on any atom is -0.477 e. The van der Waals surface area contributed by atoms with Crippen LogP contribution < -0.4 is 21.1 Å². The average Bonchev–Trinajstić information content (AvgIpc) is 3.23. The summed E-state index contributed by atoms with van der Waals surface area (Å²) in [7, 11) is 1.78. The van der Waals surface area contributed by atoms with E-state index in [0.29, 0.717) is 47.0 Å². The molecule has 39 heavy (non-hydrogen) atoms. The number of nitrogen functional groups attached to an aromatic ring is 1. The molecule has 1 atom stereocenters. The lowest BCUT2D eigenvalue weighted by Crippen LogP contribution is -2.44. The summed E-state index contributed by atoms with van der Waals surface area (Å²) in [5, 5.41) is 11.2. The van der Waals surface area contributed by atoms with Gasteiger partial charge in [-0.05, 0) is 31.2 Å². The number of anilines is 3. The number of aryl methyl sites for hydroxylation is 1. The summed E-state index contributed by atoms with van der Waals surface area (Å²) in [6, 6.07) is 6.66. The topological polar surface area (TPSA) is 129 Å². The number of aromatic nitrogens is 6. The first-order valence-electron chi connectivity index (χ1n) is 12.4. The van der Waals surface area contributed by atoms with Gasteiger partial charge in [-0.15, -0.1) is 0 Å². The van der Waals surface area contributed by atoms with Crippen LogP contribution in [0.3, 0.4) is 0 Å². The highest BCUT2D eigenvalue weighted by molar-refractivity contribution is 6.29. The van der Waals surface area contributed by atoms with Crippen molar-refractivity contribution in [3.63, 3.8) is 0 Å². The van der Waals surface area contributed by atoms with Crippen LogP contribution in [0.15, 0.2) is 49.1 Å². The fourth-order valence-electron chi connectivity index (χ4n) is 4.34. The molecule has 1 aliphatic rings. The Labute approximate surface area is 229 Å². The first kappa shape index (κ1) is 26.5. The summed E-state index contributed by atoms with van der Waals surface area (Å²) in [6.45, 7) is 2.41. The lowest BCUT2D eigenvalue weighted by Gasteiger charge is -2.36. The highest BCUT2D eigenvalue weighted by Crippen LogP contribution is 2.39. The van der Waals surface area contributed by atoms with Crippen LogP contribution in [0.2, 0.25) is 5.15 Å². The van der Waals surface area contributed by atoms with Gasteiger partial charge in [0, 0.05) is 73.9 Å². The Morgan fingerprint density at radius 3 is 2.72 bits per heavy atom. The third kappa shape index (κ3) is 6.33. The van der Waals surface area contributed by atoms with Crippen molar-refractivity contribution < 1.29 is 13.5 Å². The molecule has 0 unspecified atom stereocenters. The van der Waals surface area contributed by atoms with Gasteiger partial charge in [0.15, 0.2) is 5.82 Å². The van der Waals surface area contributed by atoms with E-state index in [2.05, 4.69) is 35.7 Å². The van der Waals surface area contributed by atoms with E-state index in [1.54, 1.807) is 54.7 Å². The van der Waals surface area contributed by atoms with E-state index in [9.17, 15) is 8.78 Å². The van der Waals surface area contributed by atoms with Crippen LogP contribution in [0.1, 0.15) is 26.2 Å². The smallest absolute Gasteiger partial charge is 0.252 e. The number of ether oxygens (including phenoxy) is 1. The first-order chi connectivity index (χ1) is 18.7. The molecule has 1 saturated carbocycles. The summed E-state index contributed by atoms with van der Waals surface area (Å²) in [5.41, 5.74) is 9.30. The third-order valence-corrected chi connectivity index (χ3v) is 6.57. The summed E-state index contributed by atoms with van der Waals surface area (Å²) in [5.74, 6) is -1.25. The van der Waals surface area contributed by atoms with Gasteiger partial charge >= 0.3 is 0 Å². The number of pyridine rings is 2. The minimum absolute atomic E-state index is 0.0129. The number of nitrogens with zero attached hydrogens (tertiary/aromatic N) is 6. The van der Waals surface area contributed by atoms with Crippen LogP contribution >= 0.6 is 11.6 Å². The standard InChI is InChI=1S/C26H28ClF2N9O/c1-15(5-8-39-25-19(14-34-38(25)2)24-32-7-4-23(30)37-24)35-21-10-22(27)33-13-18(21)20-9-16(3-6-31-20)36-17-11-26(28,29)12-17/h3-4,6-7,9-10,13-15,17H,5,8,11-12H2,1-2H3,(H,31,36)(H,33,35)(H2,30,32,37)/t15-/m0/s1. The van der Waals surface area contributed by atoms with Crippen molar-refractivity contribution in [1.29, 1.82) is 0 Å². The zero-order valence-corrected chi connectivity index (χ0v) is 22.2. The molecule has 204 valence electrons. The van der Waals surface area contributed by atoms with Crippen molar-refractivity contribution >= 4 is 28.8 Å². The molecule has 13 heteroatoms. The summed E-state index contributed by atoms with van der Waals surface area (Å²) < 4.78 is 34.2. The molecule has 0 radical (unpaired) electrons. The molecule has 5 rings (SSSR count). The maximum Gasteiger partial charge on any atom is 0.252 e. The third-order valence-electron chi connectivity index (χ3n) is 6.36. The van der Waals surface area contributed by atoms with E-state index in [1.165, 1.54) is 0 Å². The summed E-state index contributed by atoms with van der Waals surface area (Å²) >= 11 is 6.21. The molecule has 4 heterocycles. The van der Waals surface area contributed by atoms with Gasteiger partial charge in [0.25, 0.3) is 5.92 Å². The van der Waals surface area contributed by atoms with Crippen LogP contribution in [0.5, 0.6) is 5.88 Å². The summed E-state index contributed by atoms with van der Waals surface area (Å²) in [6.07, 6.45) is 6.81. The van der Waals surface area contributed by atoms with Crippen LogP contribution in [0.4, 0.5) is 26.0 Å². The molecule has 4 aromatic heterocycles. The van der Waals surface area contributed by atoms with E-state index < -0.39 is 5.92 Å². The van der Waals surface area contributed by atoms with Gasteiger partial charge in [0.05, 0.1) is 18.5 Å². The molecule has 0 amide bonds. The first-order valence-corrected chi connectivity index (χ1v) is 12.8. The van der Waals surface area contributed by atoms with Crippen LogP contribution in [-0.4, -0.2) is 54.3 Å². The van der Waals surface area contributed by atoms with Gasteiger partial charge in [-0.2, -0.15) is 5.10 Å².